The highest BCUT2D eigenvalue weighted by atomic mass is 35.5. The van der Waals surface area contributed by atoms with Crippen LogP contribution in [0.5, 0.6) is 5.75 Å². The van der Waals surface area contributed by atoms with Crippen LogP contribution >= 0.6 is 23.4 Å². The van der Waals surface area contributed by atoms with Gasteiger partial charge < -0.3 is 10.6 Å². The lowest BCUT2D eigenvalue weighted by atomic mass is 10.3. The molecule has 1 aromatic carbocycles. The van der Waals surface area contributed by atoms with E-state index in [1.165, 1.54) is 12.8 Å². The van der Waals surface area contributed by atoms with Gasteiger partial charge in [-0.3, -0.25) is 0 Å². The Balaban J connectivity index is 1.46. The van der Waals surface area contributed by atoms with Crippen LogP contribution in [0.3, 0.4) is 0 Å². The molecule has 0 aliphatic heterocycles. The summed E-state index contributed by atoms with van der Waals surface area (Å²) in [4.78, 5) is 0. The quantitative estimate of drug-likeness (QED) is 0.505. The summed E-state index contributed by atoms with van der Waals surface area (Å²) < 4.78 is 7.21. The van der Waals surface area contributed by atoms with Crippen molar-refractivity contribution >= 4 is 23.4 Å². The van der Waals surface area contributed by atoms with E-state index in [9.17, 15) is 0 Å². The monoisotopic (exact) mass is 310 g/mol. The normalized spacial score (nSPS) is 14.4. The molecule has 1 aliphatic rings. The third-order valence-corrected chi connectivity index (χ3v) is 4.19. The van der Waals surface area contributed by atoms with Crippen molar-refractivity contribution < 1.29 is 4.74 Å². The van der Waals surface area contributed by atoms with Gasteiger partial charge in [-0.05, 0) is 37.1 Å². The van der Waals surface area contributed by atoms with E-state index in [0.717, 1.165) is 22.5 Å². The van der Waals surface area contributed by atoms with Gasteiger partial charge in [0.05, 0.1) is 6.61 Å². The molecule has 1 fully saturated rings. The second kappa shape index (κ2) is 5.93. The maximum absolute atomic E-state index is 5.97. The molecular weight excluding hydrogens is 296 g/mol. The molecule has 1 saturated carbocycles. The van der Waals surface area contributed by atoms with Gasteiger partial charge in [0.1, 0.15) is 5.75 Å². The third kappa shape index (κ3) is 3.19. The van der Waals surface area contributed by atoms with E-state index >= 15 is 0 Å². The number of rotatable bonds is 6. The first-order chi connectivity index (χ1) is 9.74. The first-order valence-electron chi connectivity index (χ1n) is 6.45. The zero-order valence-electron chi connectivity index (χ0n) is 10.8. The molecule has 1 heterocycles. The summed E-state index contributed by atoms with van der Waals surface area (Å²) >= 11 is 7.36. The summed E-state index contributed by atoms with van der Waals surface area (Å²) in [6.45, 7) is 0.581. The van der Waals surface area contributed by atoms with E-state index in [1.54, 1.807) is 16.4 Å². The Morgan fingerprint density at radius 1 is 1.30 bits per heavy atom. The Hall–Kier alpha value is -1.40. The van der Waals surface area contributed by atoms with Crippen LogP contribution in [0.15, 0.2) is 29.4 Å². The highest BCUT2D eigenvalue weighted by Gasteiger charge is 2.29. The van der Waals surface area contributed by atoms with Gasteiger partial charge in [0.2, 0.25) is 5.16 Å². The van der Waals surface area contributed by atoms with Gasteiger partial charge in [-0.2, -0.15) is 0 Å². The lowest BCUT2D eigenvalue weighted by Gasteiger charge is -2.06. The molecule has 3 rings (SSSR count). The summed E-state index contributed by atoms with van der Waals surface area (Å²) in [7, 11) is 0. The van der Waals surface area contributed by atoms with Crippen LogP contribution in [-0.2, 0) is 0 Å². The van der Waals surface area contributed by atoms with Gasteiger partial charge in [-0.15, -0.1) is 10.2 Å². The molecule has 0 bridgehead atoms. The van der Waals surface area contributed by atoms with Crippen LogP contribution in [0, 0.1) is 0 Å². The first kappa shape index (κ1) is 13.6. The van der Waals surface area contributed by atoms with E-state index in [-0.39, 0.29) is 0 Å². The van der Waals surface area contributed by atoms with Gasteiger partial charge in [0.25, 0.3) is 0 Å². The summed E-state index contributed by atoms with van der Waals surface area (Å²) in [5.41, 5.74) is 0. The number of nitrogen functional groups attached to an aromatic ring is 1. The third-order valence-electron chi connectivity index (χ3n) is 3.03. The van der Waals surface area contributed by atoms with Crippen LogP contribution in [0.4, 0.5) is 0 Å². The largest absolute Gasteiger partial charge is 0.493 e. The molecule has 1 aliphatic carbocycles. The summed E-state index contributed by atoms with van der Waals surface area (Å²) in [6.07, 6.45) is 2.33. The van der Waals surface area contributed by atoms with Crippen molar-refractivity contribution in [2.24, 2.45) is 0 Å². The minimum absolute atomic E-state index is 0.507. The number of aromatic nitrogens is 3. The Morgan fingerprint density at radius 2 is 2.05 bits per heavy atom. The van der Waals surface area contributed by atoms with Gasteiger partial charge in [0.15, 0.2) is 5.82 Å². The fourth-order valence-electron chi connectivity index (χ4n) is 1.83. The summed E-state index contributed by atoms with van der Waals surface area (Å²) in [5, 5.41) is 9.69. The maximum Gasteiger partial charge on any atom is 0.209 e. The molecule has 0 saturated heterocycles. The standard InChI is InChI=1S/C13H15ClN4OS/c14-10-3-5-11(6-4-10)19-7-8-20-13-17-16-12(18(13)15)9-1-2-9/h3-6,9H,1-2,7-8,15H2. The van der Waals surface area contributed by atoms with E-state index in [1.807, 2.05) is 24.3 Å². The van der Waals surface area contributed by atoms with Crippen molar-refractivity contribution in [2.75, 3.05) is 18.2 Å². The Morgan fingerprint density at radius 3 is 2.75 bits per heavy atom. The lowest BCUT2D eigenvalue weighted by molar-refractivity contribution is 0.344. The minimum Gasteiger partial charge on any atom is -0.493 e. The minimum atomic E-state index is 0.507. The van der Waals surface area contributed by atoms with Crippen molar-refractivity contribution in [3.8, 4) is 5.75 Å². The molecule has 0 atom stereocenters. The van der Waals surface area contributed by atoms with Crippen LogP contribution in [0.25, 0.3) is 0 Å². The number of nitrogens with two attached hydrogens (primary N) is 1. The van der Waals surface area contributed by atoms with Gasteiger partial charge >= 0.3 is 0 Å². The molecule has 0 spiro atoms. The molecule has 2 N–H and O–H groups in total. The molecule has 2 aromatic rings. The molecule has 0 unspecified atom stereocenters. The maximum atomic E-state index is 5.97. The SMILES string of the molecule is Nn1c(SCCOc2ccc(Cl)cc2)nnc1C1CC1. The number of halogens is 1. The highest BCUT2D eigenvalue weighted by Crippen LogP contribution is 2.39. The second-order valence-electron chi connectivity index (χ2n) is 4.64. The topological polar surface area (TPSA) is 66.0 Å². The van der Waals surface area contributed by atoms with Crippen molar-refractivity contribution in [3.63, 3.8) is 0 Å². The number of benzene rings is 1. The smallest absolute Gasteiger partial charge is 0.209 e. The molecule has 20 heavy (non-hydrogen) atoms. The second-order valence-corrected chi connectivity index (χ2v) is 6.13. The van der Waals surface area contributed by atoms with E-state index in [2.05, 4.69) is 10.2 Å². The molecule has 5 nitrogen and oxygen atoms in total. The molecular formula is C13H15ClN4OS. The number of ether oxygens (including phenoxy) is 1. The van der Waals surface area contributed by atoms with Gasteiger partial charge in [-0.1, -0.05) is 23.4 Å². The zero-order chi connectivity index (χ0) is 13.9. The molecule has 0 amide bonds. The Labute approximate surface area is 126 Å². The average Bonchev–Trinajstić information content (AvgIpc) is 3.22. The van der Waals surface area contributed by atoms with E-state index in [4.69, 9.17) is 22.2 Å². The van der Waals surface area contributed by atoms with Crippen LogP contribution < -0.4 is 10.6 Å². The number of thioether (sulfide) groups is 1. The van der Waals surface area contributed by atoms with Crippen molar-refractivity contribution in [3.05, 3.63) is 35.1 Å². The molecule has 106 valence electrons. The Kier molecular flexibility index (Phi) is 4.03. The van der Waals surface area contributed by atoms with Crippen molar-refractivity contribution in [2.45, 2.75) is 23.9 Å². The highest BCUT2D eigenvalue weighted by molar-refractivity contribution is 7.99. The fourth-order valence-corrected chi connectivity index (χ4v) is 2.64. The molecule has 0 radical (unpaired) electrons. The first-order valence-corrected chi connectivity index (χ1v) is 7.82. The average molecular weight is 311 g/mol. The van der Waals surface area contributed by atoms with Crippen LogP contribution in [0.1, 0.15) is 24.6 Å². The van der Waals surface area contributed by atoms with Crippen LogP contribution in [-0.4, -0.2) is 27.2 Å². The van der Waals surface area contributed by atoms with Gasteiger partial charge in [-0.25, -0.2) is 4.68 Å². The fraction of sp³-hybridized carbons (Fsp3) is 0.385. The zero-order valence-corrected chi connectivity index (χ0v) is 12.4. The Bertz CT molecular complexity index is 583. The molecule has 1 aromatic heterocycles. The lowest BCUT2D eigenvalue weighted by Crippen LogP contribution is -2.14. The van der Waals surface area contributed by atoms with Gasteiger partial charge in [0, 0.05) is 16.7 Å². The predicted octanol–water partition coefficient (Wildman–Crippen LogP) is 2.69. The summed E-state index contributed by atoms with van der Waals surface area (Å²) in [6, 6.07) is 7.32. The van der Waals surface area contributed by atoms with Crippen molar-refractivity contribution in [1.29, 1.82) is 0 Å². The number of hydrogen-bond acceptors (Lipinski definition) is 5. The van der Waals surface area contributed by atoms with E-state index < -0.39 is 0 Å². The number of nitrogens with zero attached hydrogens (tertiary/aromatic N) is 3. The predicted molar refractivity (Wildman–Crippen MR) is 79.8 cm³/mol. The van der Waals surface area contributed by atoms with E-state index in [0.29, 0.717) is 17.5 Å². The van der Waals surface area contributed by atoms with Crippen LogP contribution in [0.2, 0.25) is 5.02 Å². The number of hydrogen-bond donors (Lipinski definition) is 1. The summed E-state index contributed by atoms with van der Waals surface area (Å²) in [5.74, 6) is 8.95. The molecule has 7 heteroatoms. The van der Waals surface area contributed by atoms with Crippen molar-refractivity contribution in [1.82, 2.24) is 14.9 Å².